The fraction of sp³-hybridized carbons (Fsp3) is 0.706. The second kappa shape index (κ2) is 22.4. The van der Waals surface area contributed by atoms with Gasteiger partial charge < -0.3 is 23.4 Å². The Morgan fingerprint density at radius 2 is 1.57 bits per heavy atom. The smallest absolute Gasteiger partial charge is 0.668 e. The molecule has 0 saturated heterocycles. The molecular formula is C17H35N3Ti. The van der Waals surface area contributed by atoms with E-state index in [-0.39, 0.29) is 29.1 Å². The molecule has 0 bridgehead atoms. The average Bonchev–Trinajstić information content (AvgIpc) is 2.91. The van der Waals surface area contributed by atoms with Crippen molar-refractivity contribution in [2.45, 2.75) is 39.7 Å². The van der Waals surface area contributed by atoms with Crippen LogP contribution in [0.4, 0.5) is 0 Å². The first-order chi connectivity index (χ1) is 9.06. The molecule has 0 aliphatic heterocycles. The molecule has 0 spiro atoms. The maximum Gasteiger partial charge on any atom is 4.00 e. The minimum atomic E-state index is 0. The third-order valence-electron chi connectivity index (χ3n) is 2.71. The minimum Gasteiger partial charge on any atom is -0.668 e. The Bertz CT molecular complexity index is 238. The normalized spacial score (nSPS) is 14.1. The summed E-state index contributed by atoms with van der Waals surface area (Å²) in [6.07, 6.45) is 8.89. The summed E-state index contributed by atoms with van der Waals surface area (Å²) >= 11 is 0. The Balaban J connectivity index is -0.000000157. The second-order valence-electron chi connectivity index (χ2n) is 4.79. The largest absolute Gasteiger partial charge is 4.00 e. The van der Waals surface area contributed by atoms with Gasteiger partial charge in [0.25, 0.3) is 0 Å². The summed E-state index contributed by atoms with van der Waals surface area (Å²) in [6, 6.07) is 0.525. The fourth-order valence-electron chi connectivity index (χ4n) is 1.41. The van der Waals surface area contributed by atoms with E-state index in [1.165, 1.54) is 5.57 Å². The fourth-order valence-corrected chi connectivity index (χ4v) is 1.41. The molecule has 1 aliphatic carbocycles. The SMILES string of the molecule is CCC(C)[N-]CC(C)C1=CC=CC1.C[N-]C.C[N-]C.[CH3-].[Ti+4]. The average molecular weight is 329 g/mol. The van der Waals surface area contributed by atoms with Crippen molar-refractivity contribution in [1.82, 2.24) is 0 Å². The van der Waals surface area contributed by atoms with Gasteiger partial charge in [0.2, 0.25) is 0 Å². The first kappa shape index (κ1) is 29.1. The molecule has 2 unspecified atom stereocenters. The van der Waals surface area contributed by atoms with Crippen molar-refractivity contribution >= 4 is 0 Å². The second-order valence-corrected chi connectivity index (χ2v) is 4.79. The summed E-state index contributed by atoms with van der Waals surface area (Å²) in [5.74, 6) is 0.629. The van der Waals surface area contributed by atoms with E-state index in [2.05, 4.69) is 54.9 Å². The van der Waals surface area contributed by atoms with Gasteiger partial charge in [0.1, 0.15) is 0 Å². The molecule has 0 aromatic heterocycles. The van der Waals surface area contributed by atoms with Crippen LogP contribution in [-0.4, -0.2) is 40.8 Å². The van der Waals surface area contributed by atoms with Gasteiger partial charge in [-0.15, -0.1) is 12.6 Å². The standard InChI is InChI=1S/C12H20N.2C2H6N.CH3.Ti/c1-4-11(3)13-9-10(2)12-7-5-6-8-12;2*1-3-2;;/h5-7,10-11H,4,8-9H2,1-3H3;2*1-2H3;1H3;/q4*-1;+4. The monoisotopic (exact) mass is 329 g/mol. The predicted octanol–water partition coefficient (Wildman–Crippen LogP) is 5.37. The van der Waals surface area contributed by atoms with Crippen molar-refractivity contribution in [3.8, 4) is 0 Å². The van der Waals surface area contributed by atoms with Gasteiger partial charge in [0.05, 0.1) is 0 Å². The van der Waals surface area contributed by atoms with Crippen LogP contribution in [0.25, 0.3) is 16.0 Å². The summed E-state index contributed by atoms with van der Waals surface area (Å²) in [4.78, 5) is 0. The molecule has 0 aromatic rings. The first-order valence-corrected chi connectivity index (χ1v) is 7.05. The molecular weight excluding hydrogens is 294 g/mol. The number of nitrogens with zero attached hydrogens (tertiary/aromatic N) is 3. The number of hydrogen-bond acceptors (Lipinski definition) is 0. The molecule has 2 atom stereocenters. The van der Waals surface area contributed by atoms with E-state index in [0.29, 0.717) is 12.0 Å². The molecule has 0 N–H and O–H groups in total. The zero-order valence-corrected chi connectivity index (χ0v) is 16.9. The summed E-state index contributed by atoms with van der Waals surface area (Å²) < 4.78 is 0. The zero-order valence-electron chi connectivity index (χ0n) is 15.3. The molecule has 1 rings (SSSR count). The molecule has 0 aromatic carbocycles. The van der Waals surface area contributed by atoms with Crippen LogP contribution < -0.4 is 0 Å². The Morgan fingerprint density at radius 1 is 1.10 bits per heavy atom. The van der Waals surface area contributed by atoms with Crippen molar-refractivity contribution in [1.29, 1.82) is 0 Å². The number of allylic oxidation sites excluding steroid dienone is 3. The van der Waals surface area contributed by atoms with Crippen LogP contribution >= 0.6 is 0 Å². The molecule has 0 amide bonds. The Labute approximate surface area is 149 Å². The molecule has 0 heterocycles. The molecule has 122 valence electrons. The van der Waals surface area contributed by atoms with Gasteiger partial charge in [-0.1, -0.05) is 51.0 Å². The Kier molecular flexibility index (Phi) is 31.0. The van der Waals surface area contributed by atoms with Crippen molar-refractivity contribution in [3.05, 3.63) is 47.2 Å². The molecule has 0 radical (unpaired) electrons. The van der Waals surface area contributed by atoms with E-state index in [1.54, 1.807) is 28.2 Å². The first-order valence-electron chi connectivity index (χ1n) is 7.05. The molecule has 0 saturated carbocycles. The van der Waals surface area contributed by atoms with Crippen molar-refractivity contribution in [3.63, 3.8) is 0 Å². The van der Waals surface area contributed by atoms with Crippen LogP contribution in [0.5, 0.6) is 0 Å². The van der Waals surface area contributed by atoms with Crippen LogP contribution in [0.1, 0.15) is 33.6 Å². The minimum absolute atomic E-state index is 0. The summed E-state index contributed by atoms with van der Waals surface area (Å²) in [5, 5.41) is 11.6. The van der Waals surface area contributed by atoms with Crippen molar-refractivity contribution < 1.29 is 21.7 Å². The number of rotatable bonds is 5. The van der Waals surface area contributed by atoms with E-state index >= 15 is 0 Å². The van der Waals surface area contributed by atoms with E-state index in [9.17, 15) is 0 Å². The Morgan fingerprint density at radius 3 is 1.90 bits per heavy atom. The third kappa shape index (κ3) is 20.1. The maximum atomic E-state index is 4.62. The number of hydrogen-bond donors (Lipinski definition) is 0. The van der Waals surface area contributed by atoms with E-state index in [4.69, 9.17) is 0 Å². The maximum absolute atomic E-state index is 4.62. The summed E-state index contributed by atoms with van der Waals surface area (Å²) in [6.45, 7) is 7.64. The zero-order chi connectivity index (χ0) is 15.1. The van der Waals surface area contributed by atoms with Gasteiger partial charge in [-0.3, -0.25) is 0 Å². The van der Waals surface area contributed by atoms with Gasteiger partial charge in [-0.2, -0.15) is 28.2 Å². The van der Waals surface area contributed by atoms with Crippen LogP contribution in [-0.2, 0) is 21.7 Å². The molecule has 21 heavy (non-hydrogen) atoms. The molecule has 4 heteroatoms. The molecule has 1 aliphatic rings. The van der Waals surface area contributed by atoms with Gasteiger partial charge in [0, 0.05) is 0 Å². The van der Waals surface area contributed by atoms with Gasteiger partial charge in [-0.05, 0) is 12.3 Å². The quantitative estimate of drug-likeness (QED) is 0.481. The van der Waals surface area contributed by atoms with Gasteiger partial charge >= 0.3 is 21.7 Å². The predicted molar refractivity (Wildman–Crippen MR) is 95.8 cm³/mol. The summed E-state index contributed by atoms with van der Waals surface area (Å²) in [7, 11) is 7.00. The Hall–Kier alpha value is 0.0743. The van der Waals surface area contributed by atoms with E-state index in [0.717, 1.165) is 19.4 Å². The van der Waals surface area contributed by atoms with Crippen LogP contribution in [0.3, 0.4) is 0 Å². The molecule has 0 fully saturated rings. The summed E-state index contributed by atoms with van der Waals surface area (Å²) in [5.41, 5.74) is 1.53. The van der Waals surface area contributed by atoms with Crippen molar-refractivity contribution in [2.75, 3.05) is 34.7 Å². The van der Waals surface area contributed by atoms with E-state index < -0.39 is 0 Å². The van der Waals surface area contributed by atoms with Crippen LogP contribution in [0.2, 0.25) is 0 Å². The van der Waals surface area contributed by atoms with Crippen LogP contribution in [0.15, 0.2) is 23.8 Å². The van der Waals surface area contributed by atoms with Crippen molar-refractivity contribution in [2.24, 2.45) is 5.92 Å². The van der Waals surface area contributed by atoms with Crippen LogP contribution in [0, 0.1) is 13.3 Å². The van der Waals surface area contributed by atoms with E-state index in [1.807, 2.05) is 0 Å². The molecule has 3 nitrogen and oxygen atoms in total. The third-order valence-corrected chi connectivity index (χ3v) is 2.71. The van der Waals surface area contributed by atoms with Gasteiger partial charge in [0.15, 0.2) is 0 Å². The topological polar surface area (TPSA) is 42.3 Å². The van der Waals surface area contributed by atoms with Gasteiger partial charge in [-0.25, -0.2) is 0 Å².